The molecular weight excluding hydrogens is 264 g/mol. The van der Waals surface area contributed by atoms with Crippen molar-refractivity contribution in [3.05, 3.63) is 29.8 Å². The molecule has 3 rings (SSSR count). The van der Waals surface area contributed by atoms with Crippen molar-refractivity contribution >= 4 is 11.6 Å². The first-order valence-electron chi connectivity index (χ1n) is 7.88. The topological polar surface area (TPSA) is 52.6 Å². The van der Waals surface area contributed by atoms with E-state index >= 15 is 0 Å². The van der Waals surface area contributed by atoms with Crippen molar-refractivity contribution in [2.45, 2.75) is 44.8 Å². The summed E-state index contributed by atoms with van der Waals surface area (Å²) in [4.78, 5) is 14.9. The second kappa shape index (κ2) is 5.68. The normalized spacial score (nSPS) is 32.2. The van der Waals surface area contributed by atoms with Crippen LogP contribution in [0, 0.1) is 5.92 Å². The number of rotatable bonds is 1. The van der Waals surface area contributed by atoms with Gasteiger partial charge in [-0.2, -0.15) is 0 Å². The van der Waals surface area contributed by atoms with Gasteiger partial charge in [0.05, 0.1) is 12.0 Å². The Morgan fingerprint density at radius 2 is 2.10 bits per heavy atom. The van der Waals surface area contributed by atoms with Gasteiger partial charge in [-0.3, -0.25) is 4.79 Å². The molecule has 0 saturated carbocycles. The number of likely N-dealkylation sites (tertiary alicyclic amines) is 1. The lowest BCUT2D eigenvalue weighted by atomic mass is 9.85. The Balaban J connectivity index is 1.82. The van der Waals surface area contributed by atoms with Crippen LogP contribution < -0.4 is 5.32 Å². The first-order valence-corrected chi connectivity index (χ1v) is 7.88. The molecule has 0 aliphatic carbocycles. The highest BCUT2D eigenvalue weighted by molar-refractivity contribution is 5.86. The molecule has 1 aromatic rings. The fourth-order valence-corrected chi connectivity index (χ4v) is 3.52. The first-order chi connectivity index (χ1) is 10.1. The number of anilines is 1. The van der Waals surface area contributed by atoms with Gasteiger partial charge in [-0.05, 0) is 37.3 Å². The summed E-state index contributed by atoms with van der Waals surface area (Å²) >= 11 is 0. The van der Waals surface area contributed by atoms with Gasteiger partial charge in [-0.25, -0.2) is 0 Å². The molecule has 2 N–H and O–H groups in total. The highest BCUT2D eigenvalue weighted by Gasteiger charge is 2.35. The minimum atomic E-state index is -0.270. The maximum Gasteiger partial charge on any atom is 0.230 e. The van der Waals surface area contributed by atoms with Crippen molar-refractivity contribution in [3.63, 3.8) is 0 Å². The van der Waals surface area contributed by atoms with E-state index in [1.165, 1.54) is 0 Å². The van der Waals surface area contributed by atoms with Crippen molar-refractivity contribution in [1.29, 1.82) is 0 Å². The van der Waals surface area contributed by atoms with Crippen molar-refractivity contribution < 1.29 is 9.90 Å². The van der Waals surface area contributed by atoms with Crippen LogP contribution in [0.1, 0.15) is 38.2 Å². The van der Waals surface area contributed by atoms with Crippen LogP contribution in [0.25, 0.3) is 0 Å². The molecule has 1 fully saturated rings. The summed E-state index contributed by atoms with van der Waals surface area (Å²) < 4.78 is 0. The molecule has 21 heavy (non-hydrogen) atoms. The predicted molar refractivity (Wildman–Crippen MR) is 83.3 cm³/mol. The SMILES string of the molecule is CC1CC(C(=O)N2CCC(O)C(C)C2)c2ccccc2N1. The van der Waals surface area contributed by atoms with Gasteiger partial charge in [0.25, 0.3) is 0 Å². The lowest BCUT2D eigenvalue weighted by molar-refractivity contribution is -0.136. The van der Waals surface area contributed by atoms with E-state index in [0.717, 1.165) is 17.7 Å². The number of fused-ring (bicyclic) bond motifs is 1. The average molecular weight is 288 g/mol. The number of para-hydroxylation sites is 1. The third-order valence-electron chi connectivity index (χ3n) is 4.80. The second-order valence-electron chi connectivity index (χ2n) is 6.54. The molecule has 4 atom stereocenters. The maximum absolute atomic E-state index is 12.9. The molecule has 4 heteroatoms. The molecule has 114 valence electrons. The Morgan fingerprint density at radius 3 is 2.86 bits per heavy atom. The number of benzene rings is 1. The van der Waals surface area contributed by atoms with Gasteiger partial charge < -0.3 is 15.3 Å². The molecule has 0 radical (unpaired) electrons. The summed E-state index contributed by atoms with van der Waals surface area (Å²) in [7, 11) is 0. The van der Waals surface area contributed by atoms with Gasteiger partial charge in [-0.1, -0.05) is 25.1 Å². The lowest BCUT2D eigenvalue weighted by Gasteiger charge is -2.38. The van der Waals surface area contributed by atoms with Crippen LogP contribution in [0.5, 0.6) is 0 Å². The molecular formula is C17H24N2O2. The van der Waals surface area contributed by atoms with E-state index in [4.69, 9.17) is 0 Å². The predicted octanol–water partition coefficient (Wildman–Crippen LogP) is 2.20. The smallest absolute Gasteiger partial charge is 0.230 e. The zero-order valence-corrected chi connectivity index (χ0v) is 12.7. The molecule has 4 unspecified atom stereocenters. The number of carbonyl (C=O) groups excluding carboxylic acids is 1. The van der Waals surface area contributed by atoms with Gasteiger partial charge in [-0.15, -0.1) is 0 Å². The number of aliphatic hydroxyl groups is 1. The largest absolute Gasteiger partial charge is 0.393 e. The Hall–Kier alpha value is -1.55. The van der Waals surface area contributed by atoms with Gasteiger partial charge in [0.15, 0.2) is 0 Å². The highest BCUT2D eigenvalue weighted by atomic mass is 16.3. The van der Waals surface area contributed by atoms with E-state index in [-0.39, 0.29) is 23.8 Å². The minimum Gasteiger partial charge on any atom is -0.393 e. The summed E-state index contributed by atoms with van der Waals surface area (Å²) in [5, 5.41) is 13.3. The van der Waals surface area contributed by atoms with Crippen LogP contribution in [0.4, 0.5) is 5.69 Å². The molecule has 2 aliphatic rings. The number of aliphatic hydroxyl groups excluding tert-OH is 1. The first kappa shape index (κ1) is 14.4. The summed E-state index contributed by atoms with van der Waals surface area (Å²) in [6, 6.07) is 8.42. The molecule has 0 spiro atoms. The van der Waals surface area contributed by atoms with Crippen molar-refractivity contribution in [3.8, 4) is 0 Å². The Bertz CT molecular complexity index is 531. The van der Waals surface area contributed by atoms with Crippen molar-refractivity contribution in [2.75, 3.05) is 18.4 Å². The standard InChI is InChI=1S/C17H24N2O2/c1-11-10-19(8-7-16(11)20)17(21)14-9-12(2)18-15-6-4-3-5-13(14)15/h3-6,11-12,14,16,18,20H,7-10H2,1-2H3. The van der Waals surface area contributed by atoms with Gasteiger partial charge in [0.1, 0.15) is 0 Å². The number of piperidine rings is 1. The van der Waals surface area contributed by atoms with Gasteiger partial charge >= 0.3 is 0 Å². The number of amides is 1. The number of carbonyl (C=O) groups is 1. The maximum atomic E-state index is 12.9. The molecule has 2 aliphatic heterocycles. The fourth-order valence-electron chi connectivity index (χ4n) is 3.52. The van der Waals surface area contributed by atoms with Gasteiger partial charge in [0, 0.05) is 24.8 Å². The molecule has 1 amide bonds. The number of hydrogen-bond donors (Lipinski definition) is 2. The van der Waals surface area contributed by atoms with Crippen LogP contribution in [0.15, 0.2) is 24.3 Å². The second-order valence-corrected chi connectivity index (χ2v) is 6.54. The summed E-state index contributed by atoms with van der Waals surface area (Å²) in [6.45, 7) is 5.48. The average Bonchev–Trinajstić information content (AvgIpc) is 2.48. The summed E-state index contributed by atoms with van der Waals surface area (Å²) in [5.74, 6) is 0.325. The third-order valence-corrected chi connectivity index (χ3v) is 4.80. The van der Waals surface area contributed by atoms with E-state index in [1.807, 2.05) is 30.0 Å². The zero-order valence-electron chi connectivity index (χ0n) is 12.7. The van der Waals surface area contributed by atoms with Crippen LogP contribution in [0.3, 0.4) is 0 Å². The van der Waals surface area contributed by atoms with Crippen molar-refractivity contribution in [2.24, 2.45) is 5.92 Å². The number of nitrogens with one attached hydrogen (secondary N) is 1. The van der Waals surface area contributed by atoms with Crippen LogP contribution in [-0.2, 0) is 4.79 Å². The number of hydrogen-bond acceptors (Lipinski definition) is 3. The van der Waals surface area contributed by atoms with E-state index in [1.54, 1.807) is 0 Å². The molecule has 2 heterocycles. The number of nitrogens with zero attached hydrogens (tertiary/aromatic N) is 1. The van der Waals surface area contributed by atoms with E-state index < -0.39 is 0 Å². The zero-order chi connectivity index (χ0) is 15.0. The molecule has 0 aromatic heterocycles. The Kier molecular flexibility index (Phi) is 3.89. The van der Waals surface area contributed by atoms with Crippen LogP contribution in [-0.4, -0.2) is 41.1 Å². The molecule has 0 bridgehead atoms. The van der Waals surface area contributed by atoms with Gasteiger partial charge in [0.2, 0.25) is 5.91 Å². The quantitative estimate of drug-likeness (QED) is 0.833. The molecule has 1 saturated heterocycles. The molecule has 4 nitrogen and oxygen atoms in total. The highest BCUT2D eigenvalue weighted by Crippen LogP contribution is 2.36. The third kappa shape index (κ3) is 2.77. The van der Waals surface area contributed by atoms with Crippen LogP contribution in [0.2, 0.25) is 0 Å². The Morgan fingerprint density at radius 1 is 1.33 bits per heavy atom. The lowest BCUT2D eigenvalue weighted by Crippen LogP contribution is -2.47. The molecule has 1 aromatic carbocycles. The van der Waals surface area contributed by atoms with Crippen molar-refractivity contribution in [1.82, 2.24) is 4.90 Å². The van der Waals surface area contributed by atoms with E-state index in [9.17, 15) is 9.90 Å². The van der Waals surface area contributed by atoms with E-state index in [2.05, 4.69) is 18.3 Å². The summed E-state index contributed by atoms with van der Waals surface area (Å²) in [6.07, 6.45) is 1.26. The Labute approximate surface area is 126 Å². The fraction of sp³-hybridized carbons (Fsp3) is 0.588. The van der Waals surface area contributed by atoms with E-state index in [0.29, 0.717) is 25.6 Å². The van der Waals surface area contributed by atoms with Crippen LogP contribution >= 0.6 is 0 Å². The monoisotopic (exact) mass is 288 g/mol. The minimum absolute atomic E-state index is 0.0557. The summed E-state index contributed by atoms with van der Waals surface area (Å²) in [5.41, 5.74) is 2.19.